The number of halogens is 1. The van der Waals surface area contributed by atoms with Crippen molar-refractivity contribution in [2.75, 3.05) is 25.1 Å². The van der Waals surface area contributed by atoms with Crippen molar-refractivity contribution in [2.24, 2.45) is 5.92 Å². The summed E-state index contributed by atoms with van der Waals surface area (Å²) in [7, 11) is -3.64. The number of thiocarbonyl (C=S) groups is 1. The quantitative estimate of drug-likeness (QED) is 0.391. The van der Waals surface area contributed by atoms with Gasteiger partial charge in [0.05, 0.1) is 22.1 Å². The molecule has 0 saturated carbocycles. The van der Waals surface area contributed by atoms with E-state index in [0.717, 1.165) is 12.8 Å². The first-order chi connectivity index (χ1) is 16.1. The van der Waals surface area contributed by atoms with Gasteiger partial charge < -0.3 is 14.8 Å². The average Bonchev–Trinajstić information content (AvgIpc) is 3.31. The molecule has 1 atom stereocenters. The van der Waals surface area contributed by atoms with Crippen molar-refractivity contribution < 1.29 is 22.7 Å². The third-order valence-corrected chi connectivity index (χ3v) is 7.20. The van der Waals surface area contributed by atoms with E-state index in [9.17, 15) is 13.2 Å². The maximum atomic E-state index is 12.5. The van der Waals surface area contributed by atoms with Crippen LogP contribution < -0.4 is 20.1 Å². The highest BCUT2D eigenvalue weighted by atomic mass is 79.9. The van der Waals surface area contributed by atoms with Crippen LogP contribution in [0.5, 0.6) is 5.75 Å². The lowest BCUT2D eigenvalue weighted by molar-refractivity contribution is 0.0977. The van der Waals surface area contributed by atoms with Crippen molar-refractivity contribution in [3.8, 4) is 5.75 Å². The van der Waals surface area contributed by atoms with Crippen molar-refractivity contribution in [3.05, 3.63) is 52.5 Å². The molecule has 3 rings (SSSR count). The van der Waals surface area contributed by atoms with Crippen LogP contribution in [0.2, 0.25) is 0 Å². The first-order valence-electron chi connectivity index (χ1n) is 10.9. The number of sulfonamides is 1. The Morgan fingerprint density at radius 1 is 1.24 bits per heavy atom. The molecule has 1 heterocycles. The van der Waals surface area contributed by atoms with Crippen molar-refractivity contribution in [1.29, 1.82) is 0 Å². The molecule has 1 amide bonds. The summed E-state index contributed by atoms with van der Waals surface area (Å²) in [6.07, 6.45) is 1.71. The van der Waals surface area contributed by atoms with Gasteiger partial charge in [0.15, 0.2) is 5.11 Å². The fourth-order valence-corrected chi connectivity index (χ4v) is 4.93. The number of benzene rings is 2. The van der Waals surface area contributed by atoms with E-state index in [-0.39, 0.29) is 28.6 Å². The monoisotopic (exact) mass is 569 g/mol. The predicted octanol–water partition coefficient (Wildman–Crippen LogP) is 4.07. The van der Waals surface area contributed by atoms with E-state index in [1.165, 1.54) is 12.1 Å². The molecule has 0 bridgehead atoms. The van der Waals surface area contributed by atoms with Gasteiger partial charge in [-0.1, -0.05) is 13.8 Å². The number of carbonyl (C=O) groups is 1. The predicted molar refractivity (Wildman–Crippen MR) is 139 cm³/mol. The summed E-state index contributed by atoms with van der Waals surface area (Å²) in [5, 5.41) is 5.59. The lowest BCUT2D eigenvalue weighted by Gasteiger charge is -2.13. The Morgan fingerprint density at radius 3 is 2.59 bits per heavy atom. The first-order valence-corrected chi connectivity index (χ1v) is 13.6. The van der Waals surface area contributed by atoms with E-state index in [1.807, 2.05) is 0 Å². The van der Waals surface area contributed by atoms with Gasteiger partial charge in [-0.3, -0.25) is 10.1 Å². The van der Waals surface area contributed by atoms with Gasteiger partial charge in [-0.2, -0.15) is 0 Å². The Balaban J connectivity index is 1.53. The fourth-order valence-electron chi connectivity index (χ4n) is 3.16. The standard InChI is InChI=1S/C23H28BrN3O5S2/c1-15(2)14-32-21-10-5-16(12-20(21)24)22(28)27-23(33)26-17-6-8-19(9-7-17)34(29,30)25-13-18-4-3-11-31-18/h5-10,12,15,18,25H,3-4,11,13-14H2,1-2H3,(H2,26,27,28,33). The summed E-state index contributed by atoms with van der Waals surface area (Å²) >= 11 is 8.65. The topological polar surface area (TPSA) is 106 Å². The van der Waals surface area contributed by atoms with Crippen LogP contribution in [-0.4, -0.2) is 45.3 Å². The number of carbonyl (C=O) groups excluding carboxylic acids is 1. The smallest absolute Gasteiger partial charge is 0.257 e. The number of ether oxygens (including phenoxy) is 2. The second kappa shape index (κ2) is 12.1. The average molecular weight is 571 g/mol. The highest BCUT2D eigenvalue weighted by molar-refractivity contribution is 9.10. The highest BCUT2D eigenvalue weighted by Gasteiger charge is 2.20. The number of hydrogen-bond acceptors (Lipinski definition) is 6. The van der Waals surface area contributed by atoms with Crippen molar-refractivity contribution in [1.82, 2.24) is 10.0 Å². The molecule has 11 heteroatoms. The second-order valence-electron chi connectivity index (χ2n) is 8.27. The number of anilines is 1. The molecule has 1 unspecified atom stereocenters. The minimum Gasteiger partial charge on any atom is -0.492 e. The van der Waals surface area contributed by atoms with Crippen molar-refractivity contribution in [3.63, 3.8) is 0 Å². The summed E-state index contributed by atoms with van der Waals surface area (Å²) in [6.45, 7) is 5.60. The lowest BCUT2D eigenvalue weighted by atomic mass is 10.2. The number of rotatable bonds is 9. The summed E-state index contributed by atoms with van der Waals surface area (Å²) < 4.78 is 39.3. The number of hydrogen-bond donors (Lipinski definition) is 3. The van der Waals surface area contributed by atoms with Crippen LogP contribution in [0.15, 0.2) is 51.8 Å². The molecule has 0 aliphatic carbocycles. The number of amides is 1. The van der Waals surface area contributed by atoms with Gasteiger partial charge in [0.1, 0.15) is 5.75 Å². The van der Waals surface area contributed by atoms with Crippen LogP contribution >= 0.6 is 28.1 Å². The maximum Gasteiger partial charge on any atom is 0.257 e. The Bertz CT molecular complexity index is 1120. The Morgan fingerprint density at radius 2 is 1.97 bits per heavy atom. The lowest BCUT2D eigenvalue weighted by Crippen LogP contribution is -2.34. The second-order valence-corrected chi connectivity index (χ2v) is 11.3. The summed E-state index contributed by atoms with van der Waals surface area (Å²) in [5.74, 6) is 0.660. The summed E-state index contributed by atoms with van der Waals surface area (Å²) in [4.78, 5) is 12.7. The van der Waals surface area contributed by atoms with Gasteiger partial charge in [-0.05, 0) is 89.4 Å². The maximum absolute atomic E-state index is 12.5. The van der Waals surface area contributed by atoms with Gasteiger partial charge in [0.25, 0.3) is 5.91 Å². The molecular formula is C23H28BrN3O5S2. The molecule has 0 radical (unpaired) electrons. The van der Waals surface area contributed by atoms with Crippen LogP contribution in [0.3, 0.4) is 0 Å². The van der Waals surface area contributed by atoms with E-state index in [0.29, 0.717) is 40.6 Å². The van der Waals surface area contributed by atoms with E-state index < -0.39 is 10.0 Å². The highest BCUT2D eigenvalue weighted by Crippen LogP contribution is 2.26. The summed E-state index contributed by atoms with van der Waals surface area (Å²) in [5.41, 5.74) is 0.952. The fraction of sp³-hybridized carbons (Fsp3) is 0.391. The third-order valence-electron chi connectivity index (χ3n) is 4.94. The van der Waals surface area contributed by atoms with Crippen molar-refractivity contribution in [2.45, 2.75) is 37.7 Å². The van der Waals surface area contributed by atoms with E-state index >= 15 is 0 Å². The van der Waals surface area contributed by atoms with Crippen LogP contribution in [0.4, 0.5) is 5.69 Å². The zero-order chi connectivity index (χ0) is 24.7. The Hall–Kier alpha value is -2.05. The molecule has 2 aromatic rings. The molecular weight excluding hydrogens is 542 g/mol. The zero-order valence-corrected chi connectivity index (χ0v) is 22.2. The molecule has 1 fully saturated rings. The third kappa shape index (κ3) is 7.74. The van der Waals surface area contributed by atoms with Crippen LogP contribution in [0, 0.1) is 5.92 Å². The molecule has 184 valence electrons. The Labute approximate surface area is 214 Å². The molecule has 1 aliphatic rings. The largest absolute Gasteiger partial charge is 0.492 e. The van der Waals surface area contributed by atoms with E-state index in [4.69, 9.17) is 21.7 Å². The molecule has 8 nitrogen and oxygen atoms in total. The van der Waals surface area contributed by atoms with E-state index in [2.05, 4.69) is 45.1 Å². The SMILES string of the molecule is CC(C)COc1ccc(C(=O)NC(=S)Nc2ccc(S(=O)(=O)NCC3CCCO3)cc2)cc1Br. The number of nitrogens with one attached hydrogen (secondary N) is 3. The molecule has 0 spiro atoms. The van der Waals surface area contributed by atoms with Crippen LogP contribution in [-0.2, 0) is 14.8 Å². The molecule has 3 N–H and O–H groups in total. The minimum atomic E-state index is -3.64. The van der Waals surface area contributed by atoms with E-state index in [1.54, 1.807) is 30.3 Å². The molecule has 2 aromatic carbocycles. The first kappa shape index (κ1) is 26.6. The summed E-state index contributed by atoms with van der Waals surface area (Å²) in [6, 6.07) is 11.1. The normalized spacial score (nSPS) is 15.8. The molecule has 0 aromatic heterocycles. The van der Waals surface area contributed by atoms with Gasteiger partial charge in [0, 0.05) is 24.4 Å². The van der Waals surface area contributed by atoms with Gasteiger partial charge in [-0.25, -0.2) is 13.1 Å². The van der Waals surface area contributed by atoms with Gasteiger partial charge in [-0.15, -0.1) is 0 Å². The molecule has 1 aliphatic heterocycles. The van der Waals surface area contributed by atoms with Crippen LogP contribution in [0.1, 0.15) is 37.0 Å². The van der Waals surface area contributed by atoms with Gasteiger partial charge >= 0.3 is 0 Å². The zero-order valence-electron chi connectivity index (χ0n) is 19.0. The molecule has 1 saturated heterocycles. The van der Waals surface area contributed by atoms with Crippen molar-refractivity contribution >= 4 is 54.9 Å². The molecule has 34 heavy (non-hydrogen) atoms. The van der Waals surface area contributed by atoms with Crippen LogP contribution in [0.25, 0.3) is 0 Å². The van der Waals surface area contributed by atoms with Gasteiger partial charge in [0.2, 0.25) is 10.0 Å². The minimum absolute atomic E-state index is 0.0823. The Kier molecular flexibility index (Phi) is 9.43.